The second-order valence-electron chi connectivity index (χ2n) is 10.3. The smallest absolute Gasteiger partial charge is 0.319 e. The molecule has 0 amide bonds. The molecule has 15 N–H and O–H groups in total. The number of nitrogens with two attached hydrogens (primary N) is 5. The van der Waals surface area contributed by atoms with E-state index in [1.165, 1.54) is 12.1 Å². The number of aliphatic carboxylic acids is 3. The summed E-state index contributed by atoms with van der Waals surface area (Å²) in [5.41, 5.74) is 26.8. The first-order valence-electron chi connectivity index (χ1n) is 14.3. The molecule has 3 rings (SSSR count). The second kappa shape index (κ2) is 19.6. The van der Waals surface area contributed by atoms with Crippen LogP contribution >= 0.6 is 0 Å². The Morgan fingerprint density at radius 1 is 0.692 bits per heavy atom. The highest BCUT2D eigenvalue weighted by molar-refractivity contribution is 7.93. The fraction of sp³-hybridized carbons (Fsp3) is 0.207. The number of nitrogens with one attached hydrogen (secondary N) is 2. The maximum atomic E-state index is 12.1. The Morgan fingerprint density at radius 2 is 1.15 bits per heavy atom. The Labute approximate surface area is 298 Å². The van der Waals surface area contributed by atoms with E-state index in [1.807, 2.05) is 0 Å². The second-order valence-corrected chi connectivity index (χ2v) is 16.2. The zero-order chi connectivity index (χ0) is 39.9. The average Bonchev–Trinajstić information content (AvgIpc) is 2.99. The van der Waals surface area contributed by atoms with Crippen LogP contribution < -0.4 is 34.0 Å². The summed E-state index contributed by atoms with van der Waals surface area (Å²) in [5.74, 6) is -7.59. The number of carboxylic acids is 3. The lowest BCUT2D eigenvalue weighted by Crippen LogP contribution is -2.30. The first-order chi connectivity index (χ1) is 24.0. The predicted octanol–water partition coefficient (Wildman–Crippen LogP) is -1.90. The van der Waals surface area contributed by atoms with Crippen molar-refractivity contribution in [3.05, 3.63) is 72.0 Å². The quantitative estimate of drug-likeness (QED) is 0.0457. The molecular formula is C29H38N8O12S3. The van der Waals surface area contributed by atoms with Crippen molar-refractivity contribution in [1.29, 1.82) is 5.41 Å². The third kappa shape index (κ3) is 15.4. The summed E-state index contributed by atoms with van der Waals surface area (Å²) < 4.78 is 70.9. The van der Waals surface area contributed by atoms with Crippen molar-refractivity contribution in [3.8, 4) is 0 Å². The minimum Gasteiger partial charge on any atom is -0.480 e. The van der Waals surface area contributed by atoms with E-state index in [9.17, 15) is 39.6 Å². The number of amidine groups is 1. The van der Waals surface area contributed by atoms with E-state index in [1.54, 1.807) is 30.3 Å². The first-order valence-corrected chi connectivity index (χ1v) is 19.2. The molecule has 0 atom stereocenters. The maximum Gasteiger partial charge on any atom is 0.319 e. The number of carbonyl (C=O) groups is 3. The van der Waals surface area contributed by atoms with Gasteiger partial charge >= 0.3 is 17.9 Å². The predicted molar refractivity (Wildman–Crippen MR) is 191 cm³/mol. The van der Waals surface area contributed by atoms with Crippen molar-refractivity contribution >= 4 is 76.1 Å². The van der Waals surface area contributed by atoms with Crippen molar-refractivity contribution in [1.82, 2.24) is 5.32 Å². The fourth-order valence-corrected chi connectivity index (χ4v) is 7.48. The zero-order valence-electron chi connectivity index (χ0n) is 27.2. The molecule has 20 nitrogen and oxygen atoms in total. The van der Waals surface area contributed by atoms with E-state index < -0.39 is 74.5 Å². The number of hydrogen-bond donors (Lipinski definition) is 10. The van der Waals surface area contributed by atoms with Gasteiger partial charge in [0.2, 0.25) is 0 Å². The number of hydrogen-bond acceptors (Lipinski definition) is 14. The Morgan fingerprint density at radius 3 is 1.62 bits per heavy atom. The molecule has 0 aliphatic heterocycles. The van der Waals surface area contributed by atoms with E-state index in [4.69, 9.17) is 49.4 Å². The largest absolute Gasteiger partial charge is 0.480 e. The van der Waals surface area contributed by atoms with Crippen molar-refractivity contribution in [2.45, 2.75) is 14.7 Å². The van der Waals surface area contributed by atoms with Gasteiger partial charge in [-0.1, -0.05) is 36.4 Å². The molecule has 0 saturated carbocycles. The molecule has 52 heavy (non-hydrogen) atoms. The van der Waals surface area contributed by atoms with Gasteiger partial charge in [0.15, 0.2) is 52.7 Å². The molecule has 3 aromatic rings. The lowest BCUT2D eigenvalue weighted by atomic mass is 10.0. The van der Waals surface area contributed by atoms with Crippen LogP contribution in [-0.4, -0.2) is 107 Å². The van der Waals surface area contributed by atoms with Crippen LogP contribution in [0, 0.1) is 5.41 Å². The van der Waals surface area contributed by atoms with Crippen LogP contribution in [0.25, 0.3) is 16.8 Å². The van der Waals surface area contributed by atoms with Crippen molar-refractivity contribution in [3.63, 3.8) is 0 Å². The number of sulfone groups is 3. The number of nitrogens with zero attached hydrogens (tertiary/aromatic N) is 1. The van der Waals surface area contributed by atoms with Crippen LogP contribution in [0.3, 0.4) is 0 Å². The van der Waals surface area contributed by atoms with Gasteiger partial charge < -0.3 is 49.3 Å². The molecule has 0 unspecified atom stereocenters. The maximum absolute atomic E-state index is 12.1. The molecule has 0 saturated heterocycles. The molecule has 0 aliphatic rings. The molecular weight excluding hydrogens is 749 g/mol. The third-order valence-electron chi connectivity index (χ3n) is 5.94. The molecule has 23 heteroatoms. The molecule has 0 heterocycles. The normalized spacial score (nSPS) is 11.1. The van der Waals surface area contributed by atoms with E-state index >= 15 is 0 Å². The van der Waals surface area contributed by atoms with Crippen LogP contribution in [0.15, 0.2) is 86.2 Å². The summed E-state index contributed by atoms with van der Waals surface area (Å²) in [7, 11) is -12.3. The highest BCUT2D eigenvalue weighted by Crippen LogP contribution is 2.27. The van der Waals surface area contributed by atoms with Crippen LogP contribution in [0.5, 0.6) is 0 Å². The molecule has 0 aromatic heterocycles. The summed E-state index contributed by atoms with van der Waals surface area (Å²) in [5, 5.41) is 36.5. The summed E-state index contributed by atoms with van der Waals surface area (Å²) in [4.78, 5) is 34.3. The number of rotatable bonds is 15. The van der Waals surface area contributed by atoms with Gasteiger partial charge in [-0.15, -0.1) is 0 Å². The average molecular weight is 787 g/mol. The van der Waals surface area contributed by atoms with Gasteiger partial charge in [0.05, 0.1) is 33.6 Å². The van der Waals surface area contributed by atoms with Crippen LogP contribution in [0.2, 0.25) is 0 Å². The Kier molecular flexibility index (Phi) is 16.6. The summed E-state index contributed by atoms with van der Waals surface area (Å²) >= 11 is 0. The first kappa shape index (κ1) is 44.2. The number of aliphatic imine (C=N–C) groups is 1. The van der Waals surface area contributed by atoms with E-state index in [0.717, 1.165) is 24.3 Å². The fourth-order valence-electron chi connectivity index (χ4n) is 3.96. The van der Waals surface area contributed by atoms with Gasteiger partial charge in [-0.3, -0.25) is 24.8 Å². The summed E-state index contributed by atoms with van der Waals surface area (Å²) in [6, 6.07) is 13.6. The summed E-state index contributed by atoms with van der Waals surface area (Å²) in [6.45, 7) is 1.51. The van der Waals surface area contributed by atoms with Gasteiger partial charge in [-0.25, -0.2) is 25.3 Å². The van der Waals surface area contributed by atoms with Crippen molar-refractivity contribution in [2.75, 3.05) is 36.9 Å². The lowest BCUT2D eigenvalue weighted by molar-refractivity contribution is -0.135. The monoisotopic (exact) mass is 786 g/mol. The molecule has 3 aromatic carbocycles. The Bertz CT molecular complexity index is 2120. The number of fused-ring (bicyclic) bond motifs is 1. The highest BCUT2D eigenvalue weighted by Gasteiger charge is 2.24. The van der Waals surface area contributed by atoms with Crippen molar-refractivity contribution in [2.24, 2.45) is 33.7 Å². The number of carboxylic acid groups (broad SMARTS) is 3. The zero-order valence-corrected chi connectivity index (χ0v) is 29.6. The van der Waals surface area contributed by atoms with Crippen LogP contribution in [0.4, 0.5) is 0 Å². The van der Waals surface area contributed by atoms with Gasteiger partial charge in [-0.2, -0.15) is 0 Å². The Balaban J connectivity index is 0.000000410. The Hall–Kier alpha value is -5.78. The van der Waals surface area contributed by atoms with Gasteiger partial charge in [0.1, 0.15) is 5.84 Å². The minimum absolute atomic E-state index is 0.0201. The van der Waals surface area contributed by atoms with Crippen molar-refractivity contribution < 1.29 is 55.0 Å². The molecule has 0 spiro atoms. The van der Waals surface area contributed by atoms with E-state index in [2.05, 4.69) is 10.3 Å². The number of guanidine groups is 1. The van der Waals surface area contributed by atoms with Gasteiger partial charge in [0, 0.05) is 11.9 Å². The van der Waals surface area contributed by atoms with E-state index in [0.29, 0.717) is 36.0 Å². The SMILES string of the molecule is N=C(N)CNCCN=C(N)N.NC(N)=Cc1cccc2c(S(=O)(=O)CC(=O)O)cccc12.O=C(O)CS(=O)(=O)c1cccc(S(=O)(=O)CC(=O)O)c1. The van der Waals surface area contributed by atoms with Gasteiger partial charge in [0.25, 0.3) is 0 Å². The number of benzene rings is 3. The van der Waals surface area contributed by atoms with Crippen LogP contribution in [0.1, 0.15) is 5.56 Å². The van der Waals surface area contributed by atoms with Crippen LogP contribution in [-0.2, 0) is 43.9 Å². The lowest BCUT2D eigenvalue weighted by Gasteiger charge is -2.09. The topological polar surface area (TPSA) is 393 Å². The third-order valence-corrected chi connectivity index (χ3v) is 10.8. The standard InChI is InChI=1S/C14H14N2O4S.C10H10O8S2.C5H14N6/c15-13(16)7-9-3-1-5-11-10(9)4-2-6-12(11)21(19,20)8-14(17)18;11-9(12)5-19(15,16)7-2-1-3-8(4-7)20(17,18)6-10(13)14;6-4(7)3-10-1-2-11-5(8)9/h1-7H,8,15-16H2,(H,17,18);1-4H,5-6H2,(H,11,12)(H,13,14);10H,1-3H2,(H3,6,7)(H4,8,9,11). The molecule has 284 valence electrons. The molecule has 0 fully saturated rings. The van der Waals surface area contributed by atoms with Gasteiger partial charge in [-0.05, 0) is 41.3 Å². The molecule has 0 bridgehead atoms. The highest BCUT2D eigenvalue weighted by atomic mass is 32.2. The minimum atomic E-state index is -4.18. The van der Waals surface area contributed by atoms with E-state index in [-0.39, 0.29) is 22.5 Å². The summed E-state index contributed by atoms with van der Waals surface area (Å²) in [6.07, 6.45) is 1.52. The molecule has 0 aliphatic carbocycles. The molecule has 0 radical (unpaired) electrons.